The minimum Gasteiger partial charge on any atom is -0.493 e. The lowest BCUT2D eigenvalue weighted by atomic mass is 9.76. The van der Waals surface area contributed by atoms with Crippen molar-refractivity contribution < 1.29 is 13.2 Å². The number of nitrogens with one attached hydrogen (secondary N) is 1. The maximum absolute atomic E-state index is 12.7. The molecule has 0 saturated heterocycles. The van der Waals surface area contributed by atoms with Gasteiger partial charge in [0.1, 0.15) is 5.75 Å². The van der Waals surface area contributed by atoms with Gasteiger partial charge in [-0.25, -0.2) is 13.1 Å². The van der Waals surface area contributed by atoms with Crippen LogP contribution >= 0.6 is 11.6 Å². The quantitative estimate of drug-likeness (QED) is 0.303. The maximum Gasteiger partial charge on any atom is 0.240 e. The van der Waals surface area contributed by atoms with E-state index in [9.17, 15) is 8.42 Å². The molecule has 0 aliphatic carbocycles. The van der Waals surface area contributed by atoms with Gasteiger partial charge in [0.2, 0.25) is 10.0 Å². The van der Waals surface area contributed by atoms with E-state index in [2.05, 4.69) is 64.5 Å². The Labute approximate surface area is 212 Å². The highest BCUT2D eigenvalue weighted by Gasteiger charge is 2.26. The first kappa shape index (κ1) is 28.7. The number of halogens is 1. The minimum absolute atomic E-state index is 0.0133. The number of hydrogen-bond acceptors (Lipinski definition) is 3. The fourth-order valence-electron chi connectivity index (χ4n) is 3.74. The summed E-state index contributed by atoms with van der Waals surface area (Å²) in [5.41, 5.74) is 4.10. The van der Waals surface area contributed by atoms with Gasteiger partial charge < -0.3 is 4.74 Å². The van der Waals surface area contributed by atoms with Crippen LogP contribution in [0.2, 0.25) is 5.02 Å². The van der Waals surface area contributed by atoms with Gasteiger partial charge in [0.05, 0.1) is 11.5 Å². The van der Waals surface area contributed by atoms with Gasteiger partial charge in [-0.05, 0) is 85.3 Å². The van der Waals surface area contributed by atoms with Crippen LogP contribution in [0.15, 0.2) is 35.2 Å². The van der Waals surface area contributed by atoms with Gasteiger partial charge in [0.15, 0.2) is 0 Å². The van der Waals surface area contributed by atoms with E-state index in [1.165, 1.54) is 11.1 Å². The molecule has 0 radical (unpaired) electrons. The van der Waals surface area contributed by atoms with Crippen molar-refractivity contribution in [1.82, 2.24) is 4.72 Å². The van der Waals surface area contributed by atoms with Crippen LogP contribution in [0.1, 0.15) is 89.5 Å². The number of sulfonamides is 1. The molecule has 0 aromatic heterocycles. The molecule has 0 spiro atoms. The summed E-state index contributed by atoms with van der Waals surface area (Å²) in [4.78, 5) is 0.284. The highest BCUT2D eigenvalue weighted by atomic mass is 35.5. The first-order valence-electron chi connectivity index (χ1n) is 12.3. The molecule has 34 heavy (non-hydrogen) atoms. The fourth-order valence-corrected chi connectivity index (χ4v) is 5.34. The summed E-state index contributed by atoms with van der Waals surface area (Å²) in [7, 11) is -3.57. The zero-order chi connectivity index (χ0) is 25.7. The van der Waals surface area contributed by atoms with E-state index < -0.39 is 10.0 Å². The van der Waals surface area contributed by atoms with Gasteiger partial charge in [0.25, 0.3) is 0 Å². The Bertz CT molecular complexity index is 1090. The standard InChI is InChI=1S/C28H42ClNO3S/c1-9-27(5,6)22-13-14-25(23(19-22)28(7,8)10-2)33-16-12-11-15-30-34(31,32)26-18-20(3)24(29)17-21(26)4/h13-14,17-19,30H,9-12,15-16H2,1-8H3. The smallest absolute Gasteiger partial charge is 0.240 e. The van der Waals surface area contributed by atoms with Crippen molar-refractivity contribution >= 4 is 21.6 Å². The molecule has 0 heterocycles. The largest absolute Gasteiger partial charge is 0.493 e. The van der Waals surface area contributed by atoms with E-state index >= 15 is 0 Å². The first-order valence-corrected chi connectivity index (χ1v) is 14.2. The van der Waals surface area contributed by atoms with Crippen LogP contribution in [0.5, 0.6) is 5.75 Å². The minimum atomic E-state index is -3.57. The third-order valence-corrected chi connectivity index (χ3v) is 9.13. The molecule has 4 nitrogen and oxygen atoms in total. The molecule has 190 valence electrons. The third kappa shape index (κ3) is 6.99. The Hall–Kier alpha value is -1.56. The van der Waals surface area contributed by atoms with Crippen LogP contribution in [0, 0.1) is 13.8 Å². The predicted molar refractivity (Wildman–Crippen MR) is 144 cm³/mol. The molecule has 2 rings (SSSR count). The zero-order valence-electron chi connectivity index (χ0n) is 22.1. The molecule has 0 bridgehead atoms. The third-order valence-electron chi connectivity index (χ3n) is 7.12. The van der Waals surface area contributed by atoms with Crippen LogP contribution in [-0.4, -0.2) is 21.6 Å². The SMILES string of the molecule is CCC(C)(C)c1ccc(OCCCCNS(=O)(=O)c2cc(C)c(Cl)cc2C)c(C(C)(C)CC)c1. The van der Waals surface area contributed by atoms with E-state index in [0.29, 0.717) is 30.2 Å². The average Bonchev–Trinajstić information content (AvgIpc) is 2.78. The second-order valence-electron chi connectivity index (χ2n) is 10.5. The Morgan fingerprint density at radius 2 is 1.56 bits per heavy atom. The van der Waals surface area contributed by atoms with Crippen molar-refractivity contribution in [3.63, 3.8) is 0 Å². The van der Waals surface area contributed by atoms with Gasteiger partial charge in [0, 0.05) is 17.1 Å². The van der Waals surface area contributed by atoms with Gasteiger partial charge in [-0.2, -0.15) is 0 Å². The van der Waals surface area contributed by atoms with E-state index in [1.807, 2.05) is 6.92 Å². The average molecular weight is 508 g/mol. The number of benzene rings is 2. The van der Waals surface area contributed by atoms with Crippen LogP contribution in [0.4, 0.5) is 0 Å². The summed E-state index contributed by atoms with van der Waals surface area (Å²) < 4.78 is 34.3. The molecule has 6 heteroatoms. The van der Waals surface area contributed by atoms with Crippen molar-refractivity contribution in [2.45, 2.75) is 96.8 Å². The molecule has 0 amide bonds. The monoisotopic (exact) mass is 507 g/mol. The van der Waals surface area contributed by atoms with E-state index in [4.69, 9.17) is 16.3 Å². The second kappa shape index (κ2) is 11.5. The number of ether oxygens (including phenoxy) is 1. The lowest BCUT2D eigenvalue weighted by Crippen LogP contribution is -2.26. The van der Waals surface area contributed by atoms with Crippen LogP contribution in [-0.2, 0) is 20.9 Å². The van der Waals surface area contributed by atoms with Crippen molar-refractivity contribution in [3.05, 3.63) is 57.6 Å². The number of unbranched alkanes of at least 4 members (excludes halogenated alkanes) is 1. The van der Waals surface area contributed by atoms with E-state index in [1.54, 1.807) is 19.1 Å². The fraction of sp³-hybridized carbons (Fsp3) is 0.571. The van der Waals surface area contributed by atoms with Gasteiger partial charge >= 0.3 is 0 Å². The Balaban J connectivity index is 1.99. The summed E-state index contributed by atoms with van der Waals surface area (Å²) in [5, 5.41) is 0.575. The number of aryl methyl sites for hydroxylation is 2. The molecular formula is C28H42ClNO3S. The van der Waals surface area contributed by atoms with Crippen molar-refractivity contribution in [2.75, 3.05) is 13.2 Å². The van der Waals surface area contributed by atoms with Gasteiger partial charge in [-0.3, -0.25) is 0 Å². The summed E-state index contributed by atoms with van der Waals surface area (Å²) >= 11 is 6.11. The Kier molecular flexibility index (Phi) is 9.66. The lowest BCUT2D eigenvalue weighted by Gasteiger charge is -2.30. The maximum atomic E-state index is 12.7. The van der Waals surface area contributed by atoms with Crippen molar-refractivity contribution in [1.29, 1.82) is 0 Å². The second-order valence-corrected chi connectivity index (χ2v) is 12.6. The van der Waals surface area contributed by atoms with Gasteiger partial charge in [-0.15, -0.1) is 0 Å². The van der Waals surface area contributed by atoms with Crippen LogP contribution in [0.25, 0.3) is 0 Å². The number of rotatable bonds is 12. The summed E-state index contributed by atoms with van der Waals surface area (Å²) in [6.45, 7) is 18.0. The summed E-state index contributed by atoms with van der Waals surface area (Å²) in [5.74, 6) is 0.926. The lowest BCUT2D eigenvalue weighted by molar-refractivity contribution is 0.296. The molecule has 0 saturated carbocycles. The highest BCUT2D eigenvalue weighted by Crippen LogP contribution is 2.38. The molecule has 0 aliphatic rings. The molecule has 0 fully saturated rings. The van der Waals surface area contributed by atoms with E-state index in [0.717, 1.165) is 30.6 Å². The Morgan fingerprint density at radius 3 is 2.18 bits per heavy atom. The molecule has 2 aromatic rings. The molecule has 0 unspecified atom stereocenters. The zero-order valence-corrected chi connectivity index (χ0v) is 23.7. The molecule has 0 atom stereocenters. The molecule has 1 N–H and O–H groups in total. The highest BCUT2D eigenvalue weighted by molar-refractivity contribution is 7.89. The molecule has 2 aromatic carbocycles. The van der Waals surface area contributed by atoms with Crippen LogP contribution in [0.3, 0.4) is 0 Å². The van der Waals surface area contributed by atoms with Crippen molar-refractivity contribution in [3.8, 4) is 5.75 Å². The van der Waals surface area contributed by atoms with E-state index in [-0.39, 0.29) is 15.7 Å². The summed E-state index contributed by atoms with van der Waals surface area (Å²) in [6, 6.07) is 9.92. The molecular weight excluding hydrogens is 466 g/mol. The normalized spacial score (nSPS) is 12.7. The van der Waals surface area contributed by atoms with Crippen molar-refractivity contribution in [2.24, 2.45) is 0 Å². The van der Waals surface area contributed by atoms with Crippen LogP contribution < -0.4 is 9.46 Å². The molecule has 0 aliphatic heterocycles. The first-order chi connectivity index (χ1) is 15.7. The topological polar surface area (TPSA) is 55.4 Å². The predicted octanol–water partition coefficient (Wildman–Crippen LogP) is 7.47. The Morgan fingerprint density at radius 1 is 0.912 bits per heavy atom. The van der Waals surface area contributed by atoms with Gasteiger partial charge in [-0.1, -0.05) is 65.3 Å². The summed E-state index contributed by atoms with van der Waals surface area (Å²) in [6.07, 6.45) is 3.54. The number of hydrogen-bond donors (Lipinski definition) is 1.